The maximum atomic E-state index is 12.8. The summed E-state index contributed by atoms with van der Waals surface area (Å²) in [6.07, 6.45) is 2.29. The van der Waals surface area contributed by atoms with E-state index in [1.54, 1.807) is 11.9 Å². The van der Waals surface area contributed by atoms with Gasteiger partial charge in [0.05, 0.1) is 0 Å². The van der Waals surface area contributed by atoms with Crippen molar-refractivity contribution in [1.29, 1.82) is 0 Å². The van der Waals surface area contributed by atoms with Crippen molar-refractivity contribution in [3.05, 3.63) is 35.9 Å². The monoisotopic (exact) mass is 358 g/mol. The fourth-order valence-corrected chi connectivity index (χ4v) is 3.73. The Bertz CT molecular complexity index is 645. The van der Waals surface area contributed by atoms with Crippen molar-refractivity contribution in [2.45, 2.75) is 57.6 Å². The standard InChI is InChI=1S/C21H30N2O3/c1-21(2,3)26-20(25)22(4)16-10-12-23(13-11-16)19(24)18-14-17(18)15-8-6-5-7-9-15/h5-9,16-18H,10-14H2,1-4H3/t17-,18+/m0/s1. The van der Waals surface area contributed by atoms with Gasteiger partial charge in [-0.15, -0.1) is 0 Å². The predicted molar refractivity (Wildman–Crippen MR) is 101 cm³/mol. The third-order valence-corrected chi connectivity index (χ3v) is 5.34. The molecule has 3 rings (SSSR count). The van der Waals surface area contributed by atoms with E-state index in [0.29, 0.717) is 19.0 Å². The van der Waals surface area contributed by atoms with Crippen molar-refractivity contribution >= 4 is 12.0 Å². The molecule has 2 amide bonds. The van der Waals surface area contributed by atoms with Gasteiger partial charge in [-0.05, 0) is 51.5 Å². The van der Waals surface area contributed by atoms with E-state index >= 15 is 0 Å². The SMILES string of the molecule is CN(C(=O)OC(C)(C)C)C1CCN(C(=O)[C@@H]2C[C@H]2c2ccccc2)CC1. The smallest absolute Gasteiger partial charge is 0.410 e. The normalized spacial score (nSPS) is 23.5. The summed E-state index contributed by atoms with van der Waals surface area (Å²) in [6.45, 7) is 7.06. The highest BCUT2D eigenvalue weighted by Gasteiger charge is 2.46. The number of nitrogens with zero attached hydrogens (tertiary/aromatic N) is 2. The molecule has 2 fully saturated rings. The van der Waals surface area contributed by atoms with Gasteiger partial charge in [-0.25, -0.2) is 4.79 Å². The molecule has 5 heteroatoms. The van der Waals surface area contributed by atoms with E-state index < -0.39 is 5.60 Å². The second-order valence-electron chi connectivity index (χ2n) is 8.51. The Morgan fingerprint density at radius 1 is 1.12 bits per heavy atom. The maximum Gasteiger partial charge on any atom is 0.410 e. The zero-order valence-corrected chi connectivity index (χ0v) is 16.3. The summed E-state index contributed by atoms with van der Waals surface area (Å²) in [5.74, 6) is 0.792. The van der Waals surface area contributed by atoms with Crippen LogP contribution < -0.4 is 0 Å². The molecule has 0 N–H and O–H groups in total. The van der Waals surface area contributed by atoms with Crippen LogP contribution >= 0.6 is 0 Å². The molecule has 1 aromatic carbocycles. The molecule has 2 aliphatic rings. The topological polar surface area (TPSA) is 49.9 Å². The lowest BCUT2D eigenvalue weighted by Crippen LogP contribution is -2.48. The van der Waals surface area contributed by atoms with Gasteiger partial charge in [-0.2, -0.15) is 0 Å². The Labute approximate surface area is 156 Å². The highest BCUT2D eigenvalue weighted by Crippen LogP contribution is 2.48. The van der Waals surface area contributed by atoms with Crippen LogP contribution in [0.3, 0.4) is 0 Å². The molecule has 5 nitrogen and oxygen atoms in total. The molecule has 1 aliphatic carbocycles. The zero-order chi connectivity index (χ0) is 18.9. The van der Waals surface area contributed by atoms with Crippen LogP contribution in [0.2, 0.25) is 0 Å². The zero-order valence-electron chi connectivity index (χ0n) is 16.3. The Morgan fingerprint density at radius 2 is 1.73 bits per heavy atom. The molecule has 0 bridgehead atoms. The first-order valence-electron chi connectivity index (χ1n) is 9.56. The first kappa shape index (κ1) is 18.7. The van der Waals surface area contributed by atoms with Crippen LogP contribution in [-0.4, -0.2) is 53.6 Å². The summed E-state index contributed by atoms with van der Waals surface area (Å²) in [5.41, 5.74) is 0.783. The van der Waals surface area contributed by atoms with Gasteiger partial charge < -0.3 is 14.5 Å². The average Bonchev–Trinajstić information content (AvgIpc) is 3.41. The van der Waals surface area contributed by atoms with Crippen molar-refractivity contribution in [1.82, 2.24) is 9.80 Å². The molecular formula is C21H30N2O3. The number of amides is 2. The summed E-state index contributed by atoms with van der Waals surface area (Å²) in [4.78, 5) is 28.6. The van der Waals surface area contributed by atoms with Gasteiger partial charge in [-0.3, -0.25) is 4.79 Å². The molecule has 1 saturated carbocycles. The molecule has 2 atom stereocenters. The first-order chi connectivity index (χ1) is 12.3. The van der Waals surface area contributed by atoms with Crippen LogP contribution in [0.5, 0.6) is 0 Å². The summed E-state index contributed by atoms with van der Waals surface area (Å²) in [5, 5.41) is 0. The highest BCUT2D eigenvalue weighted by molar-refractivity contribution is 5.83. The summed E-state index contributed by atoms with van der Waals surface area (Å²) in [6, 6.07) is 10.4. The van der Waals surface area contributed by atoms with E-state index in [2.05, 4.69) is 12.1 Å². The van der Waals surface area contributed by atoms with Crippen LogP contribution in [0.15, 0.2) is 30.3 Å². The molecule has 0 radical (unpaired) electrons. The van der Waals surface area contributed by atoms with Crippen LogP contribution in [0.25, 0.3) is 0 Å². The molecule has 1 heterocycles. The minimum absolute atomic E-state index is 0.137. The van der Waals surface area contributed by atoms with Crippen molar-refractivity contribution in [3.63, 3.8) is 0 Å². The summed E-state index contributed by atoms with van der Waals surface area (Å²) < 4.78 is 5.44. The Hall–Kier alpha value is -2.04. The Balaban J connectivity index is 1.48. The van der Waals surface area contributed by atoms with Crippen molar-refractivity contribution in [3.8, 4) is 0 Å². The lowest BCUT2D eigenvalue weighted by molar-refractivity contribution is -0.134. The number of piperidine rings is 1. The molecule has 1 saturated heterocycles. The van der Waals surface area contributed by atoms with Crippen molar-refractivity contribution in [2.24, 2.45) is 5.92 Å². The van der Waals surface area contributed by atoms with E-state index in [4.69, 9.17) is 4.74 Å². The van der Waals surface area contributed by atoms with Crippen molar-refractivity contribution < 1.29 is 14.3 Å². The number of ether oxygens (including phenoxy) is 1. The number of carbonyl (C=O) groups excluding carboxylic acids is 2. The number of hydrogen-bond donors (Lipinski definition) is 0. The molecular weight excluding hydrogens is 328 g/mol. The largest absolute Gasteiger partial charge is 0.444 e. The van der Waals surface area contributed by atoms with Crippen LogP contribution in [0, 0.1) is 5.92 Å². The number of benzene rings is 1. The molecule has 0 unspecified atom stereocenters. The molecule has 142 valence electrons. The number of rotatable bonds is 3. The molecule has 26 heavy (non-hydrogen) atoms. The molecule has 0 spiro atoms. The lowest BCUT2D eigenvalue weighted by atomic mass is 10.0. The van der Waals surface area contributed by atoms with Gasteiger partial charge in [0.15, 0.2) is 0 Å². The maximum absolute atomic E-state index is 12.8. The molecule has 1 aromatic rings. The van der Waals surface area contributed by atoms with Gasteiger partial charge in [0.25, 0.3) is 0 Å². The van der Waals surface area contributed by atoms with Gasteiger partial charge in [0.2, 0.25) is 5.91 Å². The third kappa shape index (κ3) is 4.37. The van der Waals surface area contributed by atoms with Crippen LogP contribution in [0.1, 0.15) is 51.5 Å². The van der Waals surface area contributed by atoms with Gasteiger partial charge >= 0.3 is 6.09 Å². The summed E-state index contributed by atoms with van der Waals surface area (Å²) >= 11 is 0. The second-order valence-corrected chi connectivity index (χ2v) is 8.51. The Kier molecular flexibility index (Phi) is 5.26. The van der Waals surface area contributed by atoms with Gasteiger partial charge in [-0.1, -0.05) is 30.3 Å². The van der Waals surface area contributed by atoms with Gasteiger partial charge in [0.1, 0.15) is 5.60 Å². The fourth-order valence-electron chi connectivity index (χ4n) is 3.73. The lowest BCUT2D eigenvalue weighted by Gasteiger charge is -2.37. The molecule has 1 aliphatic heterocycles. The number of likely N-dealkylation sites (tertiary alicyclic amines) is 1. The van der Waals surface area contributed by atoms with Gasteiger partial charge in [0, 0.05) is 32.1 Å². The van der Waals surface area contributed by atoms with Crippen molar-refractivity contribution in [2.75, 3.05) is 20.1 Å². The summed E-state index contributed by atoms with van der Waals surface area (Å²) in [7, 11) is 1.79. The minimum atomic E-state index is -0.486. The fraction of sp³-hybridized carbons (Fsp3) is 0.619. The van der Waals surface area contributed by atoms with Crippen LogP contribution in [0.4, 0.5) is 4.79 Å². The number of carbonyl (C=O) groups is 2. The van der Waals surface area contributed by atoms with E-state index in [9.17, 15) is 9.59 Å². The second kappa shape index (κ2) is 7.29. The third-order valence-electron chi connectivity index (χ3n) is 5.34. The molecule has 0 aromatic heterocycles. The number of hydrogen-bond acceptors (Lipinski definition) is 3. The van der Waals surface area contributed by atoms with E-state index in [1.165, 1.54) is 5.56 Å². The van der Waals surface area contributed by atoms with E-state index in [-0.39, 0.29) is 24.0 Å². The average molecular weight is 358 g/mol. The highest BCUT2D eigenvalue weighted by atomic mass is 16.6. The Morgan fingerprint density at radius 3 is 2.31 bits per heavy atom. The van der Waals surface area contributed by atoms with E-state index in [1.807, 2.05) is 43.9 Å². The first-order valence-corrected chi connectivity index (χ1v) is 9.56. The van der Waals surface area contributed by atoms with Crippen LogP contribution in [-0.2, 0) is 9.53 Å². The van der Waals surface area contributed by atoms with E-state index in [0.717, 1.165) is 19.3 Å². The quantitative estimate of drug-likeness (QED) is 0.829. The minimum Gasteiger partial charge on any atom is -0.444 e. The predicted octanol–water partition coefficient (Wildman–Crippen LogP) is 3.65.